The lowest BCUT2D eigenvalue weighted by Crippen LogP contribution is -2.23. The molecule has 0 aliphatic rings. The van der Waals surface area contributed by atoms with Crippen LogP contribution in [0.2, 0.25) is 5.02 Å². The number of nitrogens with one attached hydrogen (secondary N) is 5. The molecule has 1 unspecified atom stereocenters. The minimum absolute atomic E-state index is 0.0364. The smallest absolute Gasteiger partial charge is 0.260 e. The molecule has 0 spiro atoms. The number of nitrogens with two attached hydrogens (primary N) is 2. The monoisotopic (exact) mass is 719 g/mol. The third kappa shape index (κ3) is 12.7. The molecule has 1 atom stereocenters. The SMILES string of the molecule is CCOCCOCOc1n[nH]nc1C(N)C(N)=C(OCc1ccc(Cl)cc1)c1c[nH]c2ccccc12.c1cn[nH]n1.c1cn[nH]n1.c1cn[nH]n1. The number of ether oxygens (including phenoxy) is 4. The molecule has 19 nitrogen and oxygen atoms in total. The number of H-pyrrole nitrogens is 5. The van der Waals surface area contributed by atoms with Gasteiger partial charge in [0.05, 0.1) is 62.1 Å². The van der Waals surface area contributed by atoms with Gasteiger partial charge in [-0.25, -0.2) is 0 Å². The topological polar surface area (TPSA) is 271 Å². The third-order valence-electron chi connectivity index (χ3n) is 6.41. The number of halogens is 1. The fourth-order valence-electron chi connectivity index (χ4n) is 4.06. The second-order valence-corrected chi connectivity index (χ2v) is 10.2. The molecule has 0 bridgehead atoms. The molecule has 268 valence electrons. The van der Waals surface area contributed by atoms with Crippen molar-refractivity contribution in [3.05, 3.63) is 119 Å². The Labute approximate surface area is 296 Å². The molecule has 0 saturated carbocycles. The first-order chi connectivity index (χ1) is 25.1. The van der Waals surface area contributed by atoms with Gasteiger partial charge in [-0.15, -0.1) is 5.10 Å². The van der Waals surface area contributed by atoms with Gasteiger partial charge in [0, 0.05) is 34.3 Å². The van der Waals surface area contributed by atoms with Crippen LogP contribution >= 0.6 is 11.6 Å². The fraction of sp³-hybridized carbons (Fsp3) is 0.226. The zero-order valence-electron chi connectivity index (χ0n) is 27.5. The van der Waals surface area contributed by atoms with E-state index in [4.69, 9.17) is 42.0 Å². The van der Waals surface area contributed by atoms with E-state index < -0.39 is 6.04 Å². The zero-order valence-corrected chi connectivity index (χ0v) is 28.3. The maximum atomic E-state index is 6.61. The summed E-state index contributed by atoms with van der Waals surface area (Å²) in [4.78, 5) is 3.25. The van der Waals surface area contributed by atoms with Crippen LogP contribution in [0.25, 0.3) is 16.7 Å². The molecule has 20 heteroatoms. The van der Waals surface area contributed by atoms with Gasteiger partial charge in [-0.05, 0) is 30.7 Å². The molecule has 5 heterocycles. The molecule has 7 rings (SSSR count). The molecule has 0 saturated heterocycles. The van der Waals surface area contributed by atoms with Crippen molar-refractivity contribution < 1.29 is 18.9 Å². The Balaban J connectivity index is 0.000000316. The zero-order chi connectivity index (χ0) is 35.9. The van der Waals surface area contributed by atoms with Crippen molar-refractivity contribution in [3.8, 4) is 5.88 Å². The largest absolute Gasteiger partial charge is 0.486 e. The van der Waals surface area contributed by atoms with Crippen LogP contribution in [0.1, 0.15) is 29.8 Å². The number of hydrogen-bond donors (Lipinski definition) is 7. The number of fused-ring (bicyclic) bond motifs is 1. The Morgan fingerprint density at radius 3 is 1.98 bits per heavy atom. The molecule has 7 aromatic rings. The summed E-state index contributed by atoms with van der Waals surface area (Å²) in [5.74, 6) is 0.620. The van der Waals surface area contributed by atoms with E-state index in [9.17, 15) is 0 Å². The molecule has 9 N–H and O–H groups in total. The van der Waals surface area contributed by atoms with E-state index in [-0.39, 0.29) is 25.0 Å². The Morgan fingerprint density at radius 2 is 1.39 bits per heavy atom. The van der Waals surface area contributed by atoms with Gasteiger partial charge in [-0.3, -0.25) is 0 Å². The Hall–Kier alpha value is -6.15. The van der Waals surface area contributed by atoms with Crippen LogP contribution < -0.4 is 16.2 Å². The molecular formula is C31H38ClN15O4. The van der Waals surface area contributed by atoms with Crippen molar-refractivity contribution in [1.82, 2.24) is 66.6 Å². The number of aromatic nitrogens is 13. The maximum Gasteiger partial charge on any atom is 0.260 e. The minimum atomic E-state index is -0.865. The Kier molecular flexibility index (Phi) is 16.1. The summed E-state index contributed by atoms with van der Waals surface area (Å²) in [7, 11) is 0. The van der Waals surface area contributed by atoms with Gasteiger partial charge >= 0.3 is 0 Å². The van der Waals surface area contributed by atoms with Crippen LogP contribution in [-0.4, -0.2) is 93.2 Å². The van der Waals surface area contributed by atoms with E-state index in [1.807, 2.05) is 49.5 Å². The lowest BCUT2D eigenvalue weighted by Gasteiger charge is -2.18. The maximum absolute atomic E-state index is 6.61. The van der Waals surface area contributed by atoms with Gasteiger partial charge in [0.15, 0.2) is 6.79 Å². The lowest BCUT2D eigenvalue weighted by molar-refractivity contribution is -0.0172. The quantitative estimate of drug-likeness (QED) is 0.0512. The standard InChI is InChI=1S/C25H29ClN6O4.3C2H3N3/c1-2-33-11-12-34-15-36-25-23(30-32-31-25)21(27)22(28)24(35-14-16-7-9-17(26)10-8-16)19-13-29-20-6-4-3-5-18(19)20;3*1-2-4-5-3-1/h3-10,13,21,29H,2,11-12,14-15,27-28H2,1H3,(H,30,31,32);3*1-2H,(H,3,4,5). The van der Waals surface area contributed by atoms with Gasteiger partial charge in [0.1, 0.15) is 18.1 Å². The summed E-state index contributed by atoms with van der Waals surface area (Å²) in [6.07, 6.45) is 11.3. The number of para-hydroxylation sites is 1. The summed E-state index contributed by atoms with van der Waals surface area (Å²) in [5, 5.41) is 40.3. The third-order valence-corrected chi connectivity index (χ3v) is 6.66. The highest BCUT2D eigenvalue weighted by Crippen LogP contribution is 2.32. The first-order valence-electron chi connectivity index (χ1n) is 15.4. The highest BCUT2D eigenvalue weighted by atomic mass is 35.5. The lowest BCUT2D eigenvalue weighted by atomic mass is 10.1. The molecule has 0 aliphatic carbocycles. The normalized spacial score (nSPS) is 11.5. The van der Waals surface area contributed by atoms with Crippen LogP contribution in [0.15, 0.2) is 97.6 Å². The predicted molar refractivity (Wildman–Crippen MR) is 186 cm³/mol. The number of nitrogens with zero attached hydrogens (tertiary/aromatic N) is 8. The number of rotatable bonds is 13. The minimum Gasteiger partial charge on any atom is -0.486 e. The molecule has 0 amide bonds. The second-order valence-electron chi connectivity index (χ2n) is 9.78. The average molecular weight is 720 g/mol. The van der Waals surface area contributed by atoms with E-state index >= 15 is 0 Å². The van der Waals surface area contributed by atoms with Crippen molar-refractivity contribution >= 4 is 28.3 Å². The summed E-state index contributed by atoms with van der Waals surface area (Å²) in [6.45, 7) is 3.62. The second kappa shape index (κ2) is 21.7. The number of benzene rings is 2. The highest BCUT2D eigenvalue weighted by Gasteiger charge is 2.25. The molecule has 2 aromatic carbocycles. The van der Waals surface area contributed by atoms with E-state index in [0.717, 1.165) is 22.0 Å². The van der Waals surface area contributed by atoms with E-state index in [2.05, 4.69) is 66.6 Å². The van der Waals surface area contributed by atoms with Gasteiger partial charge in [-0.1, -0.05) is 41.9 Å². The van der Waals surface area contributed by atoms with Gasteiger partial charge in [0.2, 0.25) is 0 Å². The number of aromatic amines is 5. The van der Waals surface area contributed by atoms with Gasteiger partial charge in [0.25, 0.3) is 5.88 Å². The first kappa shape index (κ1) is 37.7. The van der Waals surface area contributed by atoms with Crippen molar-refractivity contribution in [2.75, 3.05) is 26.6 Å². The summed E-state index contributed by atoms with van der Waals surface area (Å²) in [5.41, 5.74) is 16.4. The van der Waals surface area contributed by atoms with E-state index in [0.29, 0.717) is 36.3 Å². The molecular weight excluding hydrogens is 682 g/mol. The molecule has 0 fully saturated rings. The summed E-state index contributed by atoms with van der Waals surface area (Å²) in [6, 6.07) is 14.4. The van der Waals surface area contributed by atoms with Crippen molar-refractivity contribution in [1.29, 1.82) is 0 Å². The predicted octanol–water partition coefficient (Wildman–Crippen LogP) is 3.29. The Bertz CT molecular complexity index is 1780. The van der Waals surface area contributed by atoms with Crippen LogP contribution in [0.3, 0.4) is 0 Å². The van der Waals surface area contributed by atoms with Crippen LogP contribution in [0.4, 0.5) is 0 Å². The highest BCUT2D eigenvalue weighted by molar-refractivity contribution is 6.30. The first-order valence-corrected chi connectivity index (χ1v) is 15.7. The van der Waals surface area contributed by atoms with Crippen LogP contribution in [0.5, 0.6) is 5.88 Å². The van der Waals surface area contributed by atoms with Crippen LogP contribution in [0, 0.1) is 0 Å². The summed E-state index contributed by atoms with van der Waals surface area (Å²) >= 11 is 6.02. The number of hydrogen-bond acceptors (Lipinski definition) is 14. The van der Waals surface area contributed by atoms with E-state index in [1.165, 1.54) is 0 Å². The summed E-state index contributed by atoms with van der Waals surface area (Å²) < 4.78 is 22.5. The molecule has 0 aliphatic heterocycles. The van der Waals surface area contributed by atoms with Crippen molar-refractivity contribution in [2.24, 2.45) is 11.5 Å². The molecule has 0 radical (unpaired) electrons. The fourth-order valence-corrected chi connectivity index (χ4v) is 4.18. The van der Waals surface area contributed by atoms with E-state index in [1.54, 1.807) is 49.3 Å². The molecule has 51 heavy (non-hydrogen) atoms. The average Bonchev–Trinajstić information content (AvgIpc) is 4.01. The molecule has 5 aromatic heterocycles. The van der Waals surface area contributed by atoms with Gasteiger partial charge in [-0.2, -0.15) is 56.5 Å². The van der Waals surface area contributed by atoms with Gasteiger partial charge < -0.3 is 35.4 Å². The Morgan fingerprint density at radius 1 is 0.784 bits per heavy atom. The van der Waals surface area contributed by atoms with Crippen molar-refractivity contribution in [3.63, 3.8) is 0 Å². The van der Waals surface area contributed by atoms with Crippen LogP contribution in [-0.2, 0) is 20.8 Å². The van der Waals surface area contributed by atoms with Crippen molar-refractivity contribution in [2.45, 2.75) is 19.6 Å².